The lowest BCUT2D eigenvalue weighted by atomic mass is 10.0. The number of amides is 1. The number of carbonyl (C=O) groups excluding carboxylic acids is 1. The zero-order valence-corrected chi connectivity index (χ0v) is 17.3. The summed E-state index contributed by atoms with van der Waals surface area (Å²) in [7, 11) is -7.58. The van der Waals surface area contributed by atoms with Crippen LogP contribution in [0, 0.1) is 0 Å². The number of sulfone groups is 1. The van der Waals surface area contributed by atoms with Gasteiger partial charge >= 0.3 is 0 Å². The van der Waals surface area contributed by atoms with E-state index in [4.69, 9.17) is 0 Å². The van der Waals surface area contributed by atoms with Crippen molar-refractivity contribution in [2.24, 2.45) is 0 Å². The molecule has 150 valence electrons. The smallest absolute Gasteiger partial charge is 0.261 e. The summed E-state index contributed by atoms with van der Waals surface area (Å²) >= 11 is 0. The van der Waals surface area contributed by atoms with E-state index in [-0.39, 0.29) is 15.7 Å². The summed E-state index contributed by atoms with van der Waals surface area (Å²) in [6, 6.07) is 13.7. The van der Waals surface area contributed by atoms with E-state index in [1.54, 1.807) is 35.2 Å². The Balaban J connectivity index is 1.82. The van der Waals surface area contributed by atoms with Crippen molar-refractivity contribution in [2.75, 3.05) is 22.4 Å². The molecule has 1 N–H and O–H groups in total. The molecular weight excluding hydrogens is 412 g/mol. The number of nitrogens with zero attached hydrogens (tertiary/aromatic N) is 1. The first-order chi connectivity index (χ1) is 13.6. The molecule has 4 rings (SSSR count). The Hall–Kier alpha value is -2.91. The number of rotatable bonds is 5. The van der Waals surface area contributed by atoms with Gasteiger partial charge in [0.25, 0.3) is 15.9 Å². The average Bonchev–Trinajstić information content (AvgIpc) is 2.96. The maximum absolute atomic E-state index is 12.9. The van der Waals surface area contributed by atoms with Crippen LogP contribution >= 0.6 is 0 Å². The van der Waals surface area contributed by atoms with Gasteiger partial charge in [0.2, 0.25) is 0 Å². The average molecular weight is 431 g/mol. The van der Waals surface area contributed by atoms with Crippen molar-refractivity contribution in [1.29, 1.82) is 0 Å². The van der Waals surface area contributed by atoms with Gasteiger partial charge in [-0.2, -0.15) is 0 Å². The van der Waals surface area contributed by atoms with Gasteiger partial charge < -0.3 is 4.90 Å². The Kier molecular flexibility index (Phi) is 4.39. The van der Waals surface area contributed by atoms with Crippen molar-refractivity contribution in [3.63, 3.8) is 0 Å². The SMILES string of the molecule is CCN1C(=O)c2cccc3c(NS(=O)(=O)c4cccc(S(C)(=O)=O)c4)ccc1c23. The van der Waals surface area contributed by atoms with E-state index in [1.807, 2.05) is 6.92 Å². The molecule has 1 heterocycles. The van der Waals surface area contributed by atoms with Gasteiger partial charge in [-0.25, -0.2) is 16.8 Å². The molecular formula is C20H18N2O5S2. The highest BCUT2D eigenvalue weighted by Gasteiger charge is 2.30. The summed E-state index contributed by atoms with van der Waals surface area (Å²) < 4.78 is 51.9. The van der Waals surface area contributed by atoms with Crippen LogP contribution in [0.1, 0.15) is 17.3 Å². The molecule has 0 saturated carbocycles. The van der Waals surface area contributed by atoms with E-state index in [0.29, 0.717) is 28.6 Å². The lowest BCUT2D eigenvalue weighted by Gasteiger charge is -2.16. The van der Waals surface area contributed by atoms with Crippen LogP contribution in [-0.2, 0) is 19.9 Å². The summed E-state index contributed by atoms with van der Waals surface area (Å²) in [5, 5.41) is 1.30. The van der Waals surface area contributed by atoms with Crippen molar-refractivity contribution in [3.05, 3.63) is 60.2 Å². The standard InChI is InChI=1S/C20H18N2O5S2/c1-3-22-18-11-10-17(15-8-5-9-16(19(15)18)20(22)23)21-29(26,27)14-7-4-6-13(12-14)28(2,24)25/h4-12,21H,3H2,1-2H3. The van der Waals surface area contributed by atoms with Gasteiger partial charge in [0, 0.05) is 29.1 Å². The monoisotopic (exact) mass is 430 g/mol. The first kappa shape index (κ1) is 19.4. The molecule has 0 aliphatic carbocycles. The zero-order valence-electron chi connectivity index (χ0n) is 15.7. The van der Waals surface area contributed by atoms with Crippen LogP contribution in [0.4, 0.5) is 11.4 Å². The van der Waals surface area contributed by atoms with E-state index in [2.05, 4.69) is 4.72 Å². The first-order valence-corrected chi connectivity index (χ1v) is 12.2. The van der Waals surface area contributed by atoms with Crippen LogP contribution in [0.25, 0.3) is 10.8 Å². The summed E-state index contributed by atoms with van der Waals surface area (Å²) in [5.74, 6) is -0.117. The molecule has 0 bridgehead atoms. The van der Waals surface area contributed by atoms with Crippen molar-refractivity contribution >= 4 is 47.9 Å². The molecule has 29 heavy (non-hydrogen) atoms. The predicted molar refractivity (Wildman–Crippen MR) is 112 cm³/mol. The third kappa shape index (κ3) is 3.16. The second-order valence-electron chi connectivity index (χ2n) is 6.76. The minimum Gasteiger partial charge on any atom is -0.308 e. The number of hydrogen-bond acceptors (Lipinski definition) is 5. The van der Waals surface area contributed by atoms with Gasteiger partial charge in [0.05, 0.1) is 21.2 Å². The predicted octanol–water partition coefficient (Wildman–Crippen LogP) is 3.02. The fraction of sp³-hybridized carbons (Fsp3) is 0.150. The molecule has 0 unspecified atom stereocenters. The molecule has 0 atom stereocenters. The van der Waals surface area contributed by atoms with Crippen molar-refractivity contribution in [1.82, 2.24) is 0 Å². The molecule has 1 amide bonds. The summed E-state index contributed by atoms with van der Waals surface area (Å²) in [5.41, 5.74) is 1.59. The largest absolute Gasteiger partial charge is 0.308 e. The number of nitrogens with one attached hydrogen (secondary N) is 1. The van der Waals surface area contributed by atoms with Gasteiger partial charge in [-0.1, -0.05) is 18.2 Å². The van der Waals surface area contributed by atoms with E-state index < -0.39 is 19.9 Å². The third-order valence-electron chi connectivity index (χ3n) is 4.89. The van der Waals surface area contributed by atoms with Crippen LogP contribution in [0.3, 0.4) is 0 Å². The number of carbonyl (C=O) groups is 1. The van der Waals surface area contributed by atoms with Gasteiger partial charge in [-0.15, -0.1) is 0 Å². The van der Waals surface area contributed by atoms with Gasteiger partial charge in [-0.05, 0) is 43.3 Å². The fourth-order valence-electron chi connectivity index (χ4n) is 3.52. The third-order valence-corrected chi connectivity index (χ3v) is 7.36. The van der Waals surface area contributed by atoms with Gasteiger partial charge in [0.1, 0.15) is 0 Å². The Labute approximate surface area is 168 Å². The fourth-order valence-corrected chi connectivity index (χ4v) is 5.39. The number of sulfonamides is 1. The first-order valence-electron chi connectivity index (χ1n) is 8.84. The van der Waals surface area contributed by atoms with Crippen molar-refractivity contribution in [3.8, 4) is 0 Å². The second-order valence-corrected chi connectivity index (χ2v) is 10.5. The molecule has 3 aromatic rings. The molecule has 0 spiro atoms. The van der Waals surface area contributed by atoms with E-state index >= 15 is 0 Å². The normalized spacial score (nSPS) is 13.9. The minimum absolute atomic E-state index is 0.0787. The molecule has 0 fully saturated rings. The lowest BCUT2D eigenvalue weighted by molar-refractivity contribution is 0.0994. The maximum atomic E-state index is 12.9. The van der Waals surface area contributed by atoms with E-state index in [1.165, 1.54) is 18.2 Å². The maximum Gasteiger partial charge on any atom is 0.261 e. The molecule has 7 nitrogen and oxygen atoms in total. The molecule has 0 aromatic heterocycles. The Morgan fingerprint density at radius 2 is 1.62 bits per heavy atom. The van der Waals surface area contributed by atoms with Gasteiger partial charge in [-0.3, -0.25) is 9.52 Å². The summed E-state index contributed by atoms with van der Waals surface area (Å²) in [6.45, 7) is 2.38. The molecule has 3 aromatic carbocycles. The summed E-state index contributed by atoms with van der Waals surface area (Å²) in [6.07, 6.45) is 1.02. The van der Waals surface area contributed by atoms with Crippen LogP contribution < -0.4 is 9.62 Å². The highest BCUT2D eigenvalue weighted by Crippen LogP contribution is 2.40. The molecule has 1 aliphatic heterocycles. The number of anilines is 2. The molecule has 0 radical (unpaired) electrons. The van der Waals surface area contributed by atoms with Crippen LogP contribution in [0.2, 0.25) is 0 Å². The lowest BCUT2D eigenvalue weighted by Crippen LogP contribution is -2.25. The topological polar surface area (TPSA) is 101 Å². The minimum atomic E-state index is -4.04. The summed E-state index contributed by atoms with van der Waals surface area (Å²) in [4.78, 5) is 14.0. The zero-order chi connectivity index (χ0) is 21.0. The van der Waals surface area contributed by atoms with Crippen LogP contribution in [0.5, 0.6) is 0 Å². The highest BCUT2D eigenvalue weighted by molar-refractivity contribution is 7.93. The van der Waals surface area contributed by atoms with Crippen LogP contribution in [0.15, 0.2) is 64.4 Å². The van der Waals surface area contributed by atoms with Gasteiger partial charge in [0.15, 0.2) is 9.84 Å². The molecule has 0 saturated heterocycles. The quantitative estimate of drug-likeness (QED) is 0.671. The Morgan fingerprint density at radius 1 is 0.931 bits per heavy atom. The van der Waals surface area contributed by atoms with E-state index in [0.717, 1.165) is 18.0 Å². The molecule has 1 aliphatic rings. The van der Waals surface area contributed by atoms with E-state index in [9.17, 15) is 21.6 Å². The van der Waals surface area contributed by atoms with Crippen molar-refractivity contribution in [2.45, 2.75) is 16.7 Å². The molecule has 9 heteroatoms. The second kappa shape index (κ2) is 6.57. The number of hydrogen-bond donors (Lipinski definition) is 1. The highest BCUT2D eigenvalue weighted by atomic mass is 32.2. The van der Waals surface area contributed by atoms with Crippen LogP contribution in [-0.4, -0.2) is 35.5 Å². The number of benzene rings is 3. The van der Waals surface area contributed by atoms with Crippen molar-refractivity contribution < 1.29 is 21.6 Å². The Morgan fingerprint density at radius 3 is 2.31 bits per heavy atom. The Bertz CT molecular complexity index is 1380.